The lowest BCUT2D eigenvalue weighted by Crippen LogP contribution is -2.49. The second-order valence-corrected chi connectivity index (χ2v) is 6.43. The Balaban J connectivity index is 2.02. The van der Waals surface area contributed by atoms with Crippen molar-refractivity contribution in [1.29, 1.82) is 0 Å². The molecule has 1 aromatic carbocycles. The maximum absolute atomic E-state index is 10.7. The second kappa shape index (κ2) is 6.18. The molecule has 0 saturated carbocycles. The fourth-order valence-corrected chi connectivity index (χ4v) is 2.96. The van der Waals surface area contributed by atoms with Crippen LogP contribution in [0.5, 0.6) is 0 Å². The average molecular weight is 312 g/mol. The van der Waals surface area contributed by atoms with Crippen LogP contribution in [-0.4, -0.2) is 23.3 Å². The van der Waals surface area contributed by atoms with Gasteiger partial charge in [-0.25, -0.2) is 0 Å². The molecule has 1 aromatic rings. The van der Waals surface area contributed by atoms with Crippen molar-refractivity contribution in [1.82, 2.24) is 5.32 Å². The van der Waals surface area contributed by atoms with Crippen LogP contribution in [0.4, 0.5) is 0 Å². The summed E-state index contributed by atoms with van der Waals surface area (Å²) < 4.78 is 1.08. The molecule has 18 heavy (non-hydrogen) atoms. The zero-order chi connectivity index (χ0) is 13.0. The highest BCUT2D eigenvalue weighted by atomic mass is 79.9. The number of nitrogens with one attached hydrogen (secondary N) is 1. The molecule has 0 spiro atoms. The average Bonchev–Trinajstić information content (AvgIpc) is 2.61. The molecular weight excluding hydrogens is 290 g/mol. The fourth-order valence-electron chi connectivity index (χ4n) is 2.70. The Morgan fingerprint density at radius 3 is 2.72 bits per heavy atom. The molecule has 0 amide bonds. The SMILES string of the molecule is CC(O)(Cc1ccc(Br)cc1)C1CCCCCN1. The van der Waals surface area contributed by atoms with Gasteiger partial charge in [-0.1, -0.05) is 40.9 Å². The van der Waals surface area contributed by atoms with Gasteiger partial charge in [-0.15, -0.1) is 0 Å². The van der Waals surface area contributed by atoms with Crippen LogP contribution in [0.15, 0.2) is 28.7 Å². The van der Waals surface area contributed by atoms with Crippen LogP contribution in [0.3, 0.4) is 0 Å². The van der Waals surface area contributed by atoms with Crippen LogP contribution in [0.1, 0.15) is 38.2 Å². The lowest BCUT2D eigenvalue weighted by atomic mass is 9.86. The number of benzene rings is 1. The van der Waals surface area contributed by atoms with Gasteiger partial charge in [0.05, 0.1) is 5.60 Å². The molecule has 0 radical (unpaired) electrons. The predicted octanol–water partition coefficient (Wildman–Crippen LogP) is 3.27. The summed E-state index contributed by atoms with van der Waals surface area (Å²) in [6, 6.07) is 8.44. The van der Waals surface area contributed by atoms with Crippen LogP contribution < -0.4 is 5.32 Å². The molecule has 0 aromatic heterocycles. The first-order valence-electron chi connectivity index (χ1n) is 6.78. The van der Waals surface area contributed by atoms with E-state index < -0.39 is 5.60 Å². The topological polar surface area (TPSA) is 32.3 Å². The van der Waals surface area contributed by atoms with E-state index in [0.717, 1.165) is 17.4 Å². The number of hydrogen-bond acceptors (Lipinski definition) is 2. The number of halogens is 1. The molecule has 2 N–H and O–H groups in total. The third kappa shape index (κ3) is 3.81. The molecule has 0 aliphatic carbocycles. The van der Waals surface area contributed by atoms with E-state index in [-0.39, 0.29) is 6.04 Å². The summed E-state index contributed by atoms with van der Waals surface area (Å²) in [5, 5.41) is 14.2. The summed E-state index contributed by atoms with van der Waals surface area (Å²) in [5.74, 6) is 0. The monoisotopic (exact) mass is 311 g/mol. The summed E-state index contributed by atoms with van der Waals surface area (Å²) >= 11 is 3.44. The van der Waals surface area contributed by atoms with Crippen molar-refractivity contribution in [2.24, 2.45) is 0 Å². The Morgan fingerprint density at radius 2 is 2.00 bits per heavy atom. The van der Waals surface area contributed by atoms with E-state index in [1.165, 1.54) is 24.8 Å². The number of aliphatic hydroxyl groups is 1. The van der Waals surface area contributed by atoms with Crippen LogP contribution in [0, 0.1) is 0 Å². The highest BCUT2D eigenvalue weighted by Crippen LogP contribution is 2.24. The summed E-state index contributed by atoms with van der Waals surface area (Å²) in [6.45, 7) is 2.99. The molecule has 2 atom stereocenters. The minimum Gasteiger partial charge on any atom is -0.388 e. The zero-order valence-corrected chi connectivity index (χ0v) is 12.5. The van der Waals surface area contributed by atoms with Gasteiger partial charge in [-0.2, -0.15) is 0 Å². The Kier molecular flexibility index (Phi) is 4.82. The van der Waals surface area contributed by atoms with Gasteiger partial charge in [-0.05, 0) is 44.0 Å². The van der Waals surface area contributed by atoms with E-state index in [2.05, 4.69) is 33.4 Å². The summed E-state index contributed by atoms with van der Waals surface area (Å²) in [7, 11) is 0. The van der Waals surface area contributed by atoms with Crippen molar-refractivity contribution in [2.75, 3.05) is 6.54 Å². The van der Waals surface area contributed by atoms with Gasteiger partial charge in [-0.3, -0.25) is 0 Å². The van der Waals surface area contributed by atoms with Gasteiger partial charge in [0.2, 0.25) is 0 Å². The molecule has 1 aliphatic heterocycles. The molecule has 3 heteroatoms. The Labute approximate surface area is 118 Å². The van der Waals surface area contributed by atoms with Gasteiger partial charge in [0, 0.05) is 16.9 Å². The zero-order valence-electron chi connectivity index (χ0n) is 11.0. The van der Waals surface area contributed by atoms with Gasteiger partial charge in [0.15, 0.2) is 0 Å². The molecule has 2 rings (SSSR count). The first-order valence-corrected chi connectivity index (χ1v) is 7.57. The van der Waals surface area contributed by atoms with E-state index in [4.69, 9.17) is 0 Å². The highest BCUT2D eigenvalue weighted by Gasteiger charge is 2.32. The lowest BCUT2D eigenvalue weighted by Gasteiger charge is -2.33. The van der Waals surface area contributed by atoms with Crippen molar-refractivity contribution < 1.29 is 5.11 Å². The fraction of sp³-hybridized carbons (Fsp3) is 0.600. The molecule has 1 aliphatic rings. The van der Waals surface area contributed by atoms with E-state index in [1.54, 1.807) is 0 Å². The van der Waals surface area contributed by atoms with Crippen LogP contribution in [0.25, 0.3) is 0 Å². The first-order chi connectivity index (χ1) is 8.58. The summed E-state index contributed by atoms with van der Waals surface area (Å²) in [6.07, 6.45) is 5.50. The molecular formula is C15H22BrNO. The van der Waals surface area contributed by atoms with Crippen molar-refractivity contribution in [2.45, 2.75) is 50.7 Å². The Bertz CT molecular complexity index is 367. The van der Waals surface area contributed by atoms with Crippen molar-refractivity contribution >= 4 is 15.9 Å². The largest absolute Gasteiger partial charge is 0.388 e. The first kappa shape index (κ1) is 14.0. The molecule has 100 valence electrons. The van der Waals surface area contributed by atoms with Crippen molar-refractivity contribution in [3.63, 3.8) is 0 Å². The number of hydrogen-bond donors (Lipinski definition) is 2. The van der Waals surface area contributed by atoms with E-state index in [0.29, 0.717) is 6.42 Å². The highest BCUT2D eigenvalue weighted by molar-refractivity contribution is 9.10. The van der Waals surface area contributed by atoms with Crippen LogP contribution in [-0.2, 0) is 6.42 Å². The predicted molar refractivity (Wildman–Crippen MR) is 78.7 cm³/mol. The Hall–Kier alpha value is -0.380. The van der Waals surface area contributed by atoms with Crippen molar-refractivity contribution in [3.8, 4) is 0 Å². The maximum Gasteiger partial charge on any atom is 0.0812 e. The van der Waals surface area contributed by atoms with Gasteiger partial charge < -0.3 is 10.4 Å². The summed E-state index contributed by atoms with van der Waals surface area (Å²) in [5.41, 5.74) is 0.521. The molecule has 1 saturated heterocycles. The molecule has 2 unspecified atom stereocenters. The summed E-state index contributed by atoms with van der Waals surface area (Å²) in [4.78, 5) is 0. The molecule has 1 heterocycles. The minimum absolute atomic E-state index is 0.212. The van der Waals surface area contributed by atoms with Crippen LogP contribution in [0.2, 0.25) is 0 Å². The second-order valence-electron chi connectivity index (χ2n) is 5.52. The standard InChI is InChI=1S/C15H22BrNO/c1-15(18,14-5-3-2-4-10-17-14)11-12-6-8-13(16)9-7-12/h6-9,14,17-18H,2-5,10-11H2,1H3. The van der Waals surface area contributed by atoms with Gasteiger partial charge in [0.25, 0.3) is 0 Å². The molecule has 2 nitrogen and oxygen atoms in total. The smallest absolute Gasteiger partial charge is 0.0812 e. The molecule has 0 bridgehead atoms. The Morgan fingerprint density at radius 1 is 1.28 bits per heavy atom. The van der Waals surface area contributed by atoms with Gasteiger partial charge in [0.1, 0.15) is 0 Å². The van der Waals surface area contributed by atoms with E-state index in [1.807, 2.05) is 19.1 Å². The third-order valence-corrected chi connectivity index (χ3v) is 4.31. The third-order valence-electron chi connectivity index (χ3n) is 3.79. The van der Waals surface area contributed by atoms with E-state index >= 15 is 0 Å². The van der Waals surface area contributed by atoms with Crippen molar-refractivity contribution in [3.05, 3.63) is 34.3 Å². The quantitative estimate of drug-likeness (QED) is 0.898. The minimum atomic E-state index is -0.668. The maximum atomic E-state index is 10.7. The lowest BCUT2D eigenvalue weighted by molar-refractivity contribution is 0.0182. The molecule has 1 fully saturated rings. The van der Waals surface area contributed by atoms with E-state index in [9.17, 15) is 5.11 Å². The van der Waals surface area contributed by atoms with Gasteiger partial charge >= 0.3 is 0 Å². The van der Waals surface area contributed by atoms with Crippen LogP contribution >= 0.6 is 15.9 Å². The normalized spacial score (nSPS) is 24.3. The number of rotatable bonds is 3.